The lowest BCUT2D eigenvalue weighted by molar-refractivity contribution is -0.385. The van der Waals surface area contributed by atoms with E-state index in [0.717, 1.165) is 35.3 Å². The SMILES string of the molecule is CCc1ccc2c(c1)[C@]1(C(=O)N2)[C@@H]2C(=O)N(c3ccc(C)c([N+](=O)[O-])c3)C(=O)[C@@H]2[C@@H]2CCCN21. The third-order valence-corrected chi connectivity index (χ3v) is 8.11. The number of amides is 3. The van der Waals surface area contributed by atoms with Crippen LogP contribution in [0.15, 0.2) is 36.4 Å². The molecule has 0 saturated carbocycles. The number of rotatable bonds is 3. The van der Waals surface area contributed by atoms with Crippen molar-refractivity contribution in [3.8, 4) is 0 Å². The third-order valence-electron chi connectivity index (χ3n) is 8.11. The van der Waals surface area contributed by atoms with Crippen molar-refractivity contribution in [2.45, 2.75) is 44.7 Å². The van der Waals surface area contributed by atoms with E-state index < -0.39 is 28.2 Å². The Morgan fingerprint density at radius 1 is 1.15 bits per heavy atom. The van der Waals surface area contributed by atoms with Crippen molar-refractivity contribution in [3.63, 3.8) is 0 Å². The number of aryl methyl sites for hydroxylation is 2. The first-order chi connectivity index (χ1) is 16.3. The first-order valence-corrected chi connectivity index (χ1v) is 11.6. The molecule has 4 aliphatic rings. The monoisotopic (exact) mass is 460 g/mol. The Morgan fingerprint density at radius 2 is 1.94 bits per heavy atom. The highest BCUT2D eigenvalue weighted by Gasteiger charge is 2.74. The highest BCUT2D eigenvalue weighted by atomic mass is 16.6. The van der Waals surface area contributed by atoms with Crippen molar-refractivity contribution < 1.29 is 19.3 Å². The standard InChI is InChI=1S/C25H24N4O5/c1-3-14-7-9-17-16(11-14)25(24(32)26-17)21-20(18-5-4-10-27(18)25)22(30)28(23(21)31)15-8-6-13(2)19(12-15)29(33)34/h6-9,11-12,18,20-21H,3-5,10H2,1-2H3,(H,26,32)/t18-,20+,21-,25+/m0/s1. The van der Waals surface area contributed by atoms with Gasteiger partial charge in [0.2, 0.25) is 17.7 Å². The normalized spacial score (nSPS) is 29.5. The van der Waals surface area contributed by atoms with E-state index in [1.807, 2.05) is 25.1 Å². The van der Waals surface area contributed by atoms with Crippen LogP contribution in [0.25, 0.3) is 0 Å². The lowest BCUT2D eigenvalue weighted by Gasteiger charge is -2.36. The summed E-state index contributed by atoms with van der Waals surface area (Å²) in [4.78, 5) is 55.6. The number of nitrogens with zero attached hydrogens (tertiary/aromatic N) is 3. The number of anilines is 2. The van der Waals surface area contributed by atoms with Gasteiger partial charge in [-0.3, -0.25) is 29.4 Å². The number of carbonyl (C=O) groups is 3. The average molecular weight is 460 g/mol. The largest absolute Gasteiger partial charge is 0.324 e. The van der Waals surface area contributed by atoms with Gasteiger partial charge in [0.1, 0.15) is 5.54 Å². The van der Waals surface area contributed by atoms with Crippen molar-refractivity contribution in [1.82, 2.24) is 4.90 Å². The van der Waals surface area contributed by atoms with Gasteiger partial charge in [-0.15, -0.1) is 0 Å². The Balaban J connectivity index is 1.53. The van der Waals surface area contributed by atoms with Crippen LogP contribution >= 0.6 is 0 Å². The third kappa shape index (κ3) is 2.39. The summed E-state index contributed by atoms with van der Waals surface area (Å²) >= 11 is 0. The van der Waals surface area contributed by atoms with Gasteiger partial charge in [0.05, 0.1) is 22.4 Å². The van der Waals surface area contributed by atoms with Crippen LogP contribution in [0.2, 0.25) is 0 Å². The summed E-state index contributed by atoms with van der Waals surface area (Å²) in [7, 11) is 0. The highest BCUT2D eigenvalue weighted by Crippen LogP contribution is 2.60. The lowest BCUT2D eigenvalue weighted by Crippen LogP contribution is -2.54. The van der Waals surface area contributed by atoms with E-state index in [1.54, 1.807) is 19.1 Å². The summed E-state index contributed by atoms with van der Waals surface area (Å²) in [5.41, 5.74) is 1.72. The Bertz CT molecular complexity index is 1310. The summed E-state index contributed by atoms with van der Waals surface area (Å²) in [6.07, 6.45) is 2.34. The minimum Gasteiger partial charge on any atom is -0.324 e. The fraction of sp³-hybridized carbons (Fsp3) is 0.400. The number of nitro groups is 1. The molecule has 34 heavy (non-hydrogen) atoms. The van der Waals surface area contributed by atoms with Gasteiger partial charge in [-0.05, 0) is 50.4 Å². The summed E-state index contributed by atoms with van der Waals surface area (Å²) in [5, 5.41) is 14.5. The molecule has 1 spiro atoms. The number of hydrogen-bond donors (Lipinski definition) is 1. The summed E-state index contributed by atoms with van der Waals surface area (Å²) < 4.78 is 0. The topological polar surface area (TPSA) is 113 Å². The second-order valence-electron chi connectivity index (χ2n) is 9.60. The van der Waals surface area contributed by atoms with Crippen LogP contribution in [0, 0.1) is 28.9 Å². The highest BCUT2D eigenvalue weighted by molar-refractivity contribution is 6.26. The molecule has 0 aliphatic carbocycles. The summed E-state index contributed by atoms with van der Waals surface area (Å²) in [6.45, 7) is 4.28. The maximum Gasteiger partial charge on any atom is 0.274 e. The van der Waals surface area contributed by atoms with Crippen molar-refractivity contribution in [3.05, 3.63) is 63.2 Å². The quantitative estimate of drug-likeness (QED) is 0.428. The molecule has 9 heteroatoms. The first-order valence-electron chi connectivity index (χ1n) is 11.6. The molecule has 2 aromatic carbocycles. The second kappa shape index (κ2) is 6.96. The number of nitro benzene ring substituents is 1. The zero-order chi connectivity index (χ0) is 23.9. The predicted octanol–water partition coefficient (Wildman–Crippen LogP) is 2.90. The lowest BCUT2D eigenvalue weighted by atomic mass is 9.75. The Kier molecular flexibility index (Phi) is 4.29. The molecule has 4 aliphatic heterocycles. The van der Waals surface area contributed by atoms with Gasteiger partial charge in [0.25, 0.3) is 5.69 Å². The van der Waals surface area contributed by atoms with Crippen molar-refractivity contribution >= 4 is 34.8 Å². The van der Waals surface area contributed by atoms with Crippen LogP contribution in [0.1, 0.15) is 36.5 Å². The van der Waals surface area contributed by atoms with Gasteiger partial charge >= 0.3 is 0 Å². The maximum atomic E-state index is 14.0. The number of nitrogens with one attached hydrogen (secondary N) is 1. The van der Waals surface area contributed by atoms with Crippen LogP contribution in [0.3, 0.4) is 0 Å². The number of benzene rings is 2. The molecule has 3 saturated heterocycles. The Labute approximate surface area is 195 Å². The Hall–Kier alpha value is -3.59. The summed E-state index contributed by atoms with van der Waals surface area (Å²) in [6, 6.07) is 9.99. The zero-order valence-electron chi connectivity index (χ0n) is 18.9. The minimum absolute atomic E-state index is 0.149. The molecular weight excluding hydrogens is 436 g/mol. The molecule has 1 N–H and O–H groups in total. The van der Waals surface area contributed by atoms with E-state index in [4.69, 9.17) is 0 Å². The first kappa shape index (κ1) is 21.0. The van der Waals surface area contributed by atoms with Crippen LogP contribution in [0.4, 0.5) is 17.1 Å². The van der Waals surface area contributed by atoms with Crippen molar-refractivity contribution in [2.24, 2.45) is 11.8 Å². The van der Waals surface area contributed by atoms with Crippen molar-refractivity contribution in [1.29, 1.82) is 0 Å². The zero-order valence-corrected chi connectivity index (χ0v) is 18.9. The van der Waals surface area contributed by atoms with Gasteiger partial charge in [-0.25, -0.2) is 4.90 Å². The minimum atomic E-state index is -1.25. The van der Waals surface area contributed by atoms with E-state index in [-0.39, 0.29) is 29.2 Å². The molecule has 0 bridgehead atoms. The van der Waals surface area contributed by atoms with Gasteiger partial charge in [-0.1, -0.05) is 25.1 Å². The van der Waals surface area contributed by atoms with Gasteiger partial charge < -0.3 is 5.32 Å². The van der Waals surface area contributed by atoms with E-state index >= 15 is 0 Å². The molecule has 2 aromatic rings. The fourth-order valence-electron chi connectivity index (χ4n) is 6.66. The molecule has 3 amide bonds. The molecular formula is C25H24N4O5. The van der Waals surface area contributed by atoms with E-state index in [1.165, 1.54) is 6.07 Å². The molecule has 4 atom stereocenters. The van der Waals surface area contributed by atoms with Crippen LogP contribution in [0.5, 0.6) is 0 Å². The number of imide groups is 1. The molecule has 0 radical (unpaired) electrons. The van der Waals surface area contributed by atoms with Crippen LogP contribution < -0.4 is 10.2 Å². The van der Waals surface area contributed by atoms with Gasteiger partial charge in [-0.2, -0.15) is 0 Å². The number of fused-ring (bicyclic) bond motifs is 7. The molecule has 6 rings (SSSR count). The number of carbonyl (C=O) groups excluding carboxylic acids is 3. The fourth-order valence-corrected chi connectivity index (χ4v) is 6.66. The second-order valence-corrected chi connectivity index (χ2v) is 9.60. The van der Waals surface area contributed by atoms with Crippen LogP contribution in [-0.4, -0.2) is 40.1 Å². The average Bonchev–Trinajstić information content (AvgIpc) is 3.52. The molecule has 3 fully saturated rings. The van der Waals surface area contributed by atoms with E-state index in [0.29, 0.717) is 17.8 Å². The maximum absolute atomic E-state index is 14.0. The van der Waals surface area contributed by atoms with Crippen molar-refractivity contribution in [2.75, 3.05) is 16.8 Å². The summed E-state index contributed by atoms with van der Waals surface area (Å²) in [5.74, 6) is -2.66. The number of hydrogen-bond acceptors (Lipinski definition) is 6. The molecule has 0 aromatic heterocycles. The predicted molar refractivity (Wildman–Crippen MR) is 123 cm³/mol. The molecule has 0 unspecified atom stereocenters. The van der Waals surface area contributed by atoms with Gasteiger partial charge in [0.15, 0.2) is 0 Å². The van der Waals surface area contributed by atoms with Gasteiger partial charge in [0, 0.05) is 28.9 Å². The van der Waals surface area contributed by atoms with Crippen LogP contribution in [-0.2, 0) is 26.3 Å². The molecule has 9 nitrogen and oxygen atoms in total. The molecule has 4 heterocycles. The smallest absolute Gasteiger partial charge is 0.274 e. The Morgan fingerprint density at radius 3 is 2.68 bits per heavy atom. The van der Waals surface area contributed by atoms with E-state index in [9.17, 15) is 24.5 Å². The van der Waals surface area contributed by atoms with E-state index in [2.05, 4.69) is 10.2 Å². The molecule has 174 valence electrons.